The third kappa shape index (κ3) is 3.18. The summed E-state index contributed by atoms with van der Waals surface area (Å²) in [7, 11) is 0. The molecule has 1 saturated heterocycles. The third-order valence-electron chi connectivity index (χ3n) is 4.20. The van der Waals surface area contributed by atoms with E-state index in [-0.39, 0.29) is 0 Å². The van der Waals surface area contributed by atoms with E-state index in [1.165, 1.54) is 52.0 Å². The number of rotatable bonds is 2. The Bertz CT molecular complexity index is 193. The second kappa shape index (κ2) is 5.31. The van der Waals surface area contributed by atoms with Crippen LogP contribution in [0.5, 0.6) is 0 Å². The highest BCUT2D eigenvalue weighted by atomic mass is 15.2. The van der Waals surface area contributed by atoms with Gasteiger partial charge in [0.1, 0.15) is 0 Å². The zero-order valence-electron chi connectivity index (χ0n) is 10.3. The highest BCUT2D eigenvalue weighted by Gasteiger charge is 2.26. The van der Waals surface area contributed by atoms with Crippen LogP contribution in [-0.2, 0) is 0 Å². The molecule has 0 aromatic rings. The van der Waals surface area contributed by atoms with Crippen LogP contribution in [0.15, 0.2) is 0 Å². The lowest BCUT2D eigenvalue weighted by Gasteiger charge is -2.27. The molecule has 2 fully saturated rings. The van der Waals surface area contributed by atoms with E-state index in [4.69, 9.17) is 0 Å². The van der Waals surface area contributed by atoms with Gasteiger partial charge in [0.05, 0.1) is 0 Å². The van der Waals surface area contributed by atoms with Gasteiger partial charge in [0.15, 0.2) is 0 Å². The molecule has 1 aliphatic carbocycles. The summed E-state index contributed by atoms with van der Waals surface area (Å²) >= 11 is 0. The molecule has 88 valence electrons. The molecule has 2 aliphatic rings. The van der Waals surface area contributed by atoms with Crippen LogP contribution in [0.2, 0.25) is 0 Å². The van der Waals surface area contributed by atoms with Crippen LogP contribution in [-0.4, -0.2) is 37.6 Å². The van der Waals surface area contributed by atoms with Gasteiger partial charge in [-0.25, -0.2) is 0 Å². The fraction of sp³-hybridized carbons (Fsp3) is 1.00. The lowest BCUT2D eigenvalue weighted by atomic mass is 9.97. The van der Waals surface area contributed by atoms with E-state index in [9.17, 15) is 0 Å². The normalized spacial score (nSPS) is 39.2. The molecule has 0 bridgehead atoms. The molecule has 3 unspecified atom stereocenters. The highest BCUT2D eigenvalue weighted by molar-refractivity contribution is 4.79. The van der Waals surface area contributed by atoms with Gasteiger partial charge in [-0.2, -0.15) is 0 Å². The van der Waals surface area contributed by atoms with Crippen molar-refractivity contribution in [2.24, 2.45) is 17.8 Å². The average Bonchev–Trinajstić information content (AvgIpc) is 2.48. The quantitative estimate of drug-likeness (QED) is 0.749. The van der Waals surface area contributed by atoms with E-state index in [1.807, 2.05) is 0 Å². The van der Waals surface area contributed by atoms with Gasteiger partial charge >= 0.3 is 0 Å². The van der Waals surface area contributed by atoms with Gasteiger partial charge in [0, 0.05) is 26.2 Å². The molecule has 3 atom stereocenters. The zero-order valence-corrected chi connectivity index (χ0v) is 10.3. The summed E-state index contributed by atoms with van der Waals surface area (Å²) in [6.45, 7) is 11.1. The van der Waals surface area contributed by atoms with Gasteiger partial charge in [0.25, 0.3) is 0 Å². The van der Waals surface area contributed by atoms with Crippen molar-refractivity contribution in [2.75, 3.05) is 32.7 Å². The summed E-state index contributed by atoms with van der Waals surface area (Å²) in [4.78, 5) is 2.69. The summed E-state index contributed by atoms with van der Waals surface area (Å²) in [5.41, 5.74) is 0. The lowest BCUT2D eigenvalue weighted by molar-refractivity contribution is 0.205. The molecule has 1 heterocycles. The molecule has 0 spiro atoms. The molecule has 0 radical (unpaired) electrons. The Morgan fingerprint density at radius 3 is 2.87 bits per heavy atom. The van der Waals surface area contributed by atoms with E-state index in [2.05, 4.69) is 24.1 Å². The van der Waals surface area contributed by atoms with Crippen LogP contribution in [0.4, 0.5) is 0 Å². The van der Waals surface area contributed by atoms with E-state index in [0.29, 0.717) is 0 Å². The van der Waals surface area contributed by atoms with E-state index in [0.717, 1.165) is 17.8 Å². The van der Waals surface area contributed by atoms with Crippen LogP contribution in [0.3, 0.4) is 0 Å². The number of hydrogen-bond acceptors (Lipinski definition) is 2. The van der Waals surface area contributed by atoms with E-state index in [1.54, 1.807) is 0 Å². The van der Waals surface area contributed by atoms with Crippen LogP contribution in [0.25, 0.3) is 0 Å². The van der Waals surface area contributed by atoms with Crippen molar-refractivity contribution < 1.29 is 0 Å². The first-order valence-corrected chi connectivity index (χ1v) is 6.69. The van der Waals surface area contributed by atoms with Crippen molar-refractivity contribution in [1.82, 2.24) is 10.2 Å². The summed E-state index contributed by atoms with van der Waals surface area (Å²) < 4.78 is 0. The summed E-state index contributed by atoms with van der Waals surface area (Å²) in [5, 5.41) is 3.52. The molecular formula is C13H26N2. The predicted octanol–water partition coefficient (Wildman–Crippen LogP) is 1.96. The Morgan fingerprint density at radius 2 is 2.13 bits per heavy atom. The van der Waals surface area contributed by atoms with E-state index < -0.39 is 0 Å². The lowest BCUT2D eigenvalue weighted by Crippen LogP contribution is -2.34. The van der Waals surface area contributed by atoms with Gasteiger partial charge in [-0.15, -0.1) is 0 Å². The minimum Gasteiger partial charge on any atom is -0.315 e. The average molecular weight is 210 g/mol. The molecule has 0 amide bonds. The predicted molar refractivity (Wildman–Crippen MR) is 65.0 cm³/mol. The van der Waals surface area contributed by atoms with Gasteiger partial charge in [0.2, 0.25) is 0 Å². The summed E-state index contributed by atoms with van der Waals surface area (Å²) in [6.07, 6.45) is 4.40. The molecule has 15 heavy (non-hydrogen) atoms. The molecular weight excluding hydrogens is 184 g/mol. The summed E-state index contributed by atoms with van der Waals surface area (Å²) in [5.74, 6) is 2.77. The van der Waals surface area contributed by atoms with Crippen molar-refractivity contribution in [3.05, 3.63) is 0 Å². The first-order chi connectivity index (χ1) is 7.25. The second-order valence-corrected chi connectivity index (χ2v) is 5.74. The molecule has 1 saturated carbocycles. The van der Waals surface area contributed by atoms with Gasteiger partial charge in [-0.05, 0) is 30.7 Å². The smallest absolute Gasteiger partial charge is 0.0107 e. The fourth-order valence-corrected chi connectivity index (χ4v) is 3.17. The van der Waals surface area contributed by atoms with Gasteiger partial charge in [-0.1, -0.05) is 26.7 Å². The maximum Gasteiger partial charge on any atom is 0.0107 e. The minimum atomic E-state index is 0.823. The first-order valence-electron chi connectivity index (χ1n) is 6.69. The molecule has 2 heteroatoms. The van der Waals surface area contributed by atoms with Crippen LogP contribution < -0.4 is 5.32 Å². The standard InChI is InChI=1S/C13H26N2/c1-11-8-14-6-7-15(9-11)10-13-5-3-4-12(13)2/h11-14H,3-10H2,1-2H3. The van der Waals surface area contributed by atoms with Crippen molar-refractivity contribution >= 4 is 0 Å². The van der Waals surface area contributed by atoms with Crippen molar-refractivity contribution in [3.63, 3.8) is 0 Å². The molecule has 1 N–H and O–H groups in total. The second-order valence-electron chi connectivity index (χ2n) is 5.74. The highest BCUT2D eigenvalue weighted by Crippen LogP contribution is 2.31. The SMILES string of the molecule is CC1CNCCN(CC2CCCC2C)C1. The Morgan fingerprint density at radius 1 is 1.27 bits per heavy atom. The minimum absolute atomic E-state index is 0.823. The maximum absolute atomic E-state index is 3.52. The third-order valence-corrected chi connectivity index (χ3v) is 4.20. The van der Waals surface area contributed by atoms with Crippen molar-refractivity contribution in [2.45, 2.75) is 33.1 Å². The van der Waals surface area contributed by atoms with Crippen LogP contribution in [0.1, 0.15) is 33.1 Å². The fourth-order valence-electron chi connectivity index (χ4n) is 3.17. The molecule has 2 rings (SSSR count). The first kappa shape index (κ1) is 11.4. The summed E-state index contributed by atoms with van der Waals surface area (Å²) in [6, 6.07) is 0. The Kier molecular flexibility index (Phi) is 4.04. The molecule has 1 aliphatic heterocycles. The topological polar surface area (TPSA) is 15.3 Å². The Labute approximate surface area is 94.4 Å². The molecule has 2 nitrogen and oxygen atoms in total. The monoisotopic (exact) mass is 210 g/mol. The van der Waals surface area contributed by atoms with Crippen LogP contribution in [0, 0.1) is 17.8 Å². The zero-order chi connectivity index (χ0) is 10.7. The van der Waals surface area contributed by atoms with Gasteiger partial charge < -0.3 is 10.2 Å². The Balaban J connectivity index is 1.81. The molecule has 0 aromatic carbocycles. The Hall–Kier alpha value is -0.0800. The largest absolute Gasteiger partial charge is 0.315 e. The molecule has 0 aromatic heterocycles. The van der Waals surface area contributed by atoms with Crippen LogP contribution >= 0.6 is 0 Å². The van der Waals surface area contributed by atoms with Crippen molar-refractivity contribution in [3.8, 4) is 0 Å². The van der Waals surface area contributed by atoms with Crippen molar-refractivity contribution in [1.29, 1.82) is 0 Å². The number of nitrogens with one attached hydrogen (secondary N) is 1. The van der Waals surface area contributed by atoms with E-state index >= 15 is 0 Å². The van der Waals surface area contributed by atoms with Gasteiger partial charge in [-0.3, -0.25) is 0 Å². The number of hydrogen-bond donors (Lipinski definition) is 1. The maximum atomic E-state index is 3.52. The number of nitrogens with zero attached hydrogens (tertiary/aromatic N) is 1.